The van der Waals surface area contributed by atoms with E-state index in [-0.39, 0.29) is 6.09 Å². The smallest absolute Gasteiger partial charge is 0.415 e. The van der Waals surface area contributed by atoms with E-state index < -0.39 is 5.60 Å². The molecule has 1 atom stereocenters. The van der Waals surface area contributed by atoms with Crippen molar-refractivity contribution in [3.63, 3.8) is 0 Å². The van der Waals surface area contributed by atoms with Crippen LogP contribution in [0.4, 0.5) is 4.79 Å². The Labute approximate surface area is 126 Å². The second kappa shape index (κ2) is 6.12. The van der Waals surface area contributed by atoms with Gasteiger partial charge in [0, 0.05) is 12.4 Å². The number of carbonyl (C=O) groups excluding carboxylic acids is 1. The molecule has 1 fully saturated rings. The normalized spacial score (nSPS) is 21.4. The number of hydrogen-bond donors (Lipinski definition) is 0. The summed E-state index contributed by atoms with van der Waals surface area (Å²) in [6.07, 6.45) is 6.89. The molecule has 0 unspecified atom stereocenters. The molecule has 2 heterocycles. The van der Waals surface area contributed by atoms with Crippen LogP contribution in [0.1, 0.15) is 39.2 Å². The van der Waals surface area contributed by atoms with Crippen LogP contribution in [0.2, 0.25) is 0 Å². The summed E-state index contributed by atoms with van der Waals surface area (Å²) in [7, 11) is 0. The highest BCUT2D eigenvalue weighted by Gasteiger charge is 2.44. The van der Waals surface area contributed by atoms with E-state index in [0.29, 0.717) is 6.54 Å². The summed E-state index contributed by atoms with van der Waals surface area (Å²) in [6, 6.07) is 3.79. The topological polar surface area (TPSA) is 42.4 Å². The Morgan fingerprint density at radius 1 is 1.52 bits per heavy atom. The van der Waals surface area contributed by atoms with Gasteiger partial charge < -0.3 is 4.74 Å². The average molecular weight is 286 g/mol. The summed E-state index contributed by atoms with van der Waals surface area (Å²) in [5, 5.41) is 0. The van der Waals surface area contributed by atoms with Gasteiger partial charge in [0.15, 0.2) is 5.60 Å². The largest absolute Gasteiger partial charge is 0.436 e. The molecule has 4 heteroatoms. The van der Waals surface area contributed by atoms with Crippen LogP contribution in [0.3, 0.4) is 0 Å². The third-order valence-corrected chi connectivity index (χ3v) is 3.71. The third-order valence-electron chi connectivity index (χ3n) is 3.71. The molecule has 1 saturated heterocycles. The molecule has 0 aliphatic carbocycles. The molecule has 2 rings (SSSR count). The maximum Gasteiger partial charge on any atom is 0.415 e. The molecule has 0 aromatic carbocycles. The van der Waals surface area contributed by atoms with Gasteiger partial charge in [0.1, 0.15) is 0 Å². The van der Waals surface area contributed by atoms with Gasteiger partial charge in [-0.15, -0.1) is 0 Å². The molecule has 0 bridgehead atoms. The van der Waals surface area contributed by atoms with Gasteiger partial charge in [-0.3, -0.25) is 9.88 Å². The molecule has 0 radical (unpaired) electrons. The predicted molar refractivity (Wildman–Crippen MR) is 82.5 cm³/mol. The van der Waals surface area contributed by atoms with Gasteiger partial charge in [-0.1, -0.05) is 24.3 Å². The van der Waals surface area contributed by atoms with Crippen molar-refractivity contribution in [3.8, 4) is 0 Å². The number of cyclic esters (lactones) is 1. The molecular weight excluding hydrogens is 264 g/mol. The Kier molecular flexibility index (Phi) is 4.46. The zero-order valence-electron chi connectivity index (χ0n) is 12.9. The van der Waals surface area contributed by atoms with Crippen molar-refractivity contribution < 1.29 is 9.53 Å². The number of ether oxygens (including phenoxy) is 1. The number of pyridine rings is 1. The number of carbonyl (C=O) groups is 1. The van der Waals surface area contributed by atoms with Crippen molar-refractivity contribution in [1.82, 2.24) is 9.88 Å². The molecular formula is C17H22N2O2. The Morgan fingerprint density at radius 3 is 2.90 bits per heavy atom. The fourth-order valence-electron chi connectivity index (χ4n) is 2.37. The molecule has 1 aromatic heterocycles. The Bertz CT molecular complexity index is 561. The van der Waals surface area contributed by atoms with Gasteiger partial charge in [-0.05, 0) is 45.2 Å². The summed E-state index contributed by atoms with van der Waals surface area (Å²) in [5.74, 6) is 0. The van der Waals surface area contributed by atoms with Crippen molar-refractivity contribution in [2.24, 2.45) is 0 Å². The monoisotopic (exact) mass is 286 g/mol. The predicted octanol–water partition coefficient (Wildman–Crippen LogP) is 4.05. The highest BCUT2D eigenvalue weighted by molar-refractivity contribution is 5.74. The Morgan fingerprint density at radius 2 is 2.29 bits per heavy atom. The summed E-state index contributed by atoms with van der Waals surface area (Å²) in [6.45, 7) is 10.6. The molecule has 0 spiro atoms. The minimum Gasteiger partial charge on any atom is -0.436 e. The minimum absolute atomic E-state index is 0.330. The van der Waals surface area contributed by atoms with Gasteiger partial charge in [-0.25, -0.2) is 4.79 Å². The van der Waals surface area contributed by atoms with E-state index in [1.807, 2.05) is 19.1 Å². The van der Waals surface area contributed by atoms with E-state index in [1.54, 1.807) is 17.3 Å². The number of amides is 1. The van der Waals surface area contributed by atoms with Crippen LogP contribution in [0.15, 0.2) is 48.5 Å². The van der Waals surface area contributed by atoms with Gasteiger partial charge in [0.2, 0.25) is 0 Å². The fraction of sp³-hybridized carbons (Fsp3) is 0.412. The van der Waals surface area contributed by atoms with Gasteiger partial charge in [0.25, 0.3) is 0 Å². The number of aromatic nitrogens is 1. The van der Waals surface area contributed by atoms with Gasteiger partial charge in [0.05, 0.1) is 12.2 Å². The first-order chi connectivity index (χ1) is 9.92. The summed E-state index contributed by atoms with van der Waals surface area (Å²) in [5.41, 5.74) is 2.33. The Balaban J connectivity index is 2.07. The molecule has 21 heavy (non-hydrogen) atoms. The first kappa shape index (κ1) is 15.3. The van der Waals surface area contributed by atoms with E-state index in [1.165, 1.54) is 5.57 Å². The lowest BCUT2D eigenvalue weighted by atomic mass is 9.96. The molecule has 0 saturated carbocycles. The van der Waals surface area contributed by atoms with Gasteiger partial charge >= 0.3 is 6.09 Å². The summed E-state index contributed by atoms with van der Waals surface area (Å²) < 4.78 is 5.57. The zero-order valence-corrected chi connectivity index (χ0v) is 12.9. The zero-order chi connectivity index (χ0) is 15.5. The highest BCUT2D eigenvalue weighted by atomic mass is 16.6. The lowest BCUT2D eigenvalue weighted by Crippen LogP contribution is -2.27. The quantitative estimate of drug-likeness (QED) is 0.767. The van der Waals surface area contributed by atoms with Crippen LogP contribution in [-0.4, -0.2) is 21.6 Å². The van der Waals surface area contributed by atoms with E-state index >= 15 is 0 Å². The molecule has 112 valence electrons. The van der Waals surface area contributed by atoms with Crippen molar-refractivity contribution in [2.45, 2.75) is 45.8 Å². The maximum atomic E-state index is 12.1. The number of rotatable bonds is 5. The molecule has 4 nitrogen and oxygen atoms in total. The van der Waals surface area contributed by atoms with Crippen molar-refractivity contribution in [2.75, 3.05) is 0 Å². The maximum absolute atomic E-state index is 12.1. The van der Waals surface area contributed by atoms with Crippen LogP contribution >= 0.6 is 0 Å². The summed E-state index contributed by atoms with van der Waals surface area (Å²) >= 11 is 0. The van der Waals surface area contributed by atoms with E-state index in [9.17, 15) is 4.79 Å². The first-order valence-corrected chi connectivity index (χ1v) is 7.14. The van der Waals surface area contributed by atoms with Crippen LogP contribution in [-0.2, 0) is 11.3 Å². The lowest BCUT2D eigenvalue weighted by molar-refractivity contribution is 0.0759. The van der Waals surface area contributed by atoms with Crippen LogP contribution < -0.4 is 0 Å². The van der Waals surface area contributed by atoms with Crippen molar-refractivity contribution in [1.29, 1.82) is 0 Å². The second-order valence-corrected chi connectivity index (χ2v) is 5.81. The van der Waals surface area contributed by atoms with Crippen molar-refractivity contribution >= 4 is 6.09 Å². The van der Waals surface area contributed by atoms with E-state index in [0.717, 1.165) is 24.1 Å². The standard InChI is InChI=1S/C17H22N2O2/c1-13(2)7-5-9-17(4)14(3)19(16(20)21-17)12-15-8-6-10-18-11-15/h6-8,10-11H,3,5,9,12H2,1-2,4H3/t17-/m0/s1. The molecule has 0 N–H and O–H groups in total. The highest BCUT2D eigenvalue weighted by Crippen LogP contribution is 2.36. The summed E-state index contributed by atoms with van der Waals surface area (Å²) in [4.78, 5) is 17.8. The minimum atomic E-state index is -0.620. The third kappa shape index (κ3) is 3.51. The number of nitrogens with zero attached hydrogens (tertiary/aromatic N) is 2. The van der Waals surface area contributed by atoms with Crippen LogP contribution in [0.5, 0.6) is 0 Å². The second-order valence-electron chi connectivity index (χ2n) is 5.81. The van der Waals surface area contributed by atoms with Crippen molar-refractivity contribution in [3.05, 3.63) is 54.0 Å². The molecule has 1 aromatic rings. The van der Waals surface area contributed by atoms with E-state index in [2.05, 4.69) is 31.5 Å². The van der Waals surface area contributed by atoms with E-state index in [4.69, 9.17) is 4.74 Å². The van der Waals surface area contributed by atoms with Crippen LogP contribution in [0.25, 0.3) is 0 Å². The van der Waals surface area contributed by atoms with Gasteiger partial charge in [-0.2, -0.15) is 0 Å². The molecule has 1 aliphatic rings. The SMILES string of the molecule is C=C1N(Cc2cccnc2)C(=O)O[C@@]1(C)CCC=C(C)C. The molecule has 1 amide bonds. The Hall–Kier alpha value is -2.10. The fourth-order valence-corrected chi connectivity index (χ4v) is 2.37. The number of hydrogen-bond acceptors (Lipinski definition) is 3. The van der Waals surface area contributed by atoms with Crippen LogP contribution in [0, 0.1) is 0 Å². The number of allylic oxidation sites excluding steroid dienone is 2. The molecule has 1 aliphatic heterocycles. The average Bonchev–Trinajstić information content (AvgIpc) is 2.63. The first-order valence-electron chi connectivity index (χ1n) is 7.14. The lowest BCUT2D eigenvalue weighted by Gasteiger charge is -2.23.